The van der Waals surface area contributed by atoms with E-state index in [0.717, 1.165) is 5.56 Å². The highest BCUT2D eigenvalue weighted by atomic mass is 16.6. The van der Waals surface area contributed by atoms with Gasteiger partial charge in [-0.25, -0.2) is 4.79 Å². The molecule has 114 valence electrons. The lowest BCUT2D eigenvalue weighted by molar-refractivity contribution is -0.152. The Morgan fingerprint density at radius 3 is 2.48 bits per heavy atom. The van der Waals surface area contributed by atoms with Crippen LogP contribution in [-0.2, 0) is 25.7 Å². The molecule has 0 heterocycles. The first kappa shape index (κ1) is 16.5. The number of hydrogen-bond donors (Lipinski definition) is 2. The molecule has 1 rings (SSSR count). The molecule has 0 fully saturated rings. The minimum atomic E-state index is -1.06. The molecule has 0 bridgehead atoms. The van der Waals surface area contributed by atoms with Crippen molar-refractivity contribution in [3.8, 4) is 0 Å². The van der Waals surface area contributed by atoms with E-state index in [0.29, 0.717) is 0 Å². The number of carbonyl (C=O) groups is 3. The number of amides is 2. The number of esters is 1. The van der Waals surface area contributed by atoms with Crippen molar-refractivity contribution in [2.45, 2.75) is 26.1 Å². The maximum absolute atomic E-state index is 11.4. The Hall–Kier alpha value is -2.57. The van der Waals surface area contributed by atoms with Crippen LogP contribution in [0.1, 0.15) is 18.9 Å². The van der Waals surface area contributed by atoms with Gasteiger partial charge in [0.1, 0.15) is 6.61 Å². The number of alkyl carbamates (subject to hydrolysis) is 1. The molecule has 0 radical (unpaired) electrons. The van der Waals surface area contributed by atoms with Crippen LogP contribution in [0.4, 0.5) is 4.79 Å². The molecule has 0 aliphatic carbocycles. The predicted molar refractivity (Wildman–Crippen MR) is 74.0 cm³/mol. The van der Waals surface area contributed by atoms with Gasteiger partial charge in [-0.05, 0) is 5.56 Å². The lowest BCUT2D eigenvalue weighted by Gasteiger charge is -2.13. The van der Waals surface area contributed by atoms with Crippen molar-refractivity contribution in [2.75, 3.05) is 6.54 Å². The quantitative estimate of drug-likeness (QED) is 0.720. The second-order valence-corrected chi connectivity index (χ2v) is 4.28. The van der Waals surface area contributed by atoms with Crippen molar-refractivity contribution in [2.24, 2.45) is 5.73 Å². The van der Waals surface area contributed by atoms with Crippen LogP contribution in [-0.4, -0.2) is 30.6 Å². The third kappa shape index (κ3) is 6.95. The zero-order valence-corrected chi connectivity index (χ0v) is 11.7. The summed E-state index contributed by atoms with van der Waals surface area (Å²) >= 11 is 0. The largest absolute Gasteiger partial charge is 0.452 e. The van der Waals surface area contributed by atoms with Crippen LogP contribution in [0.15, 0.2) is 30.3 Å². The molecular formula is C14H18N2O5. The number of nitrogens with two attached hydrogens (primary N) is 1. The standard InChI is InChI=1S/C14H18N2O5/c1-10(17)21-12(13(15)18)7-8-16-14(19)20-9-11-5-3-2-4-6-11/h2-6,12H,7-9H2,1H3,(H2,15,18)(H,16,19)/t12-/m0/s1. The van der Waals surface area contributed by atoms with Gasteiger partial charge in [-0.1, -0.05) is 30.3 Å². The summed E-state index contributed by atoms with van der Waals surface area (Å²) in [6.45, 7) is 1.43. The summed E-state index contributed by atoms with van der Waals surface area (Å²) in [7, 11) is 0. The Labute approximate surface area is 122 Å². The molecule has 1 atom stereocenters. The van der Waals surface area contributed by atoms with Crippen molar-refractivity contribution in [3.05, 3.63) is 35.9 Å². The molecule has 0 aliphatic heterocycles. The number of primary amides is 1. The molecule has 3 N–H and O–H groups in total. The Kier molecular flexibility index (Phi) is 6.73. The van der Waals surface area contributed by atoms with Crippen molar-refractivity contribution >= 4 is 18.0 Å². The van der Waals surface area contributed by atoms with Crippen molar-refractivity contribution in [1.82, 2.24) is 5.32 Å². The molecule has 0 aliphatic rings. The Morgan fingerprint density at radius 2 is 1.90 bits per heavy atom. The van der Waals surface area contributed by atoms with Gasteiger partial charge in [0.25, 0.3) is 5.91 Å². The maximum Gasteiger partial charge on any atom is 0.407 e. The molecular weight excluding hydrogens is 276 g/mol. The molecule has 0 aromatic heterocycles. The van der Waals surface area contributed by atoms with Gasteiger partial charge >= 0.3 is 12.1 Å². The van der Waals surface area contributed by atoms with Crippen molar-refractivity contribution < 1.29 is 23.9 Å². The van der Waals surface area contributed by atoms with Gasteiger partial charge in [-0.2, -0.15) is 0 Å². The number of ether oxygens (including phenoxy) is 2. The fourth-order valence-electron chi connectivity index (χ4n) is 1.54. The molecule has 21 heavy (non-hydrogen) atoms. The topological polar surface area (TPSA) is 108 Å². The molecule has 0 spiro atoms. The van der Waals surface area contributed by atoms with E-state index in [9.17, 15) is 14.4 Å². The Morgan fingerprint density at radius 1 is 1.24 bits per heavy atom. The molecule has 1 aromatic rings. The van der Waals surface area contributed by atoms with Gasteiger partial charge in [0, 0.05) is 19.9 Å². The Balaban J connectivity index is 2.26. The summed E-state index contributed by atoms with van der Waals surface area (Å²) in [5.74, 6) is -1.37. The fourth-order valence-corrected chi connectivity index (χ4v) is 1.54. The van der Waals surface area contributed by atoms with Crippen LogP contribution in [0.25, 0.3) is 0 Å². The summed E-state index contributed by atoms with van der Waals surface area (Å²) in [6, 6.07) is 9.21. The molecule has 0 saturated heterocycles. The SMILES string of the molecule is CC(=O)O[C@@H](CCNC(=O)OCc1ccccc1)C(N)=O. The summed E-state index contributed by atoms with van der Waals surface area (Å²) in [5, 5.41) is 2.45. The molecule has 1 aromatic carbocycles. The van der Waals surface area contributed by atoms with Gasteiger partial charge in [0.2, 0.25) is 0 Å². The number of benzene rings is 1. The molecule has 7 nitrogen and oxygen atoms in total. The first-order valence-corrected chi connectivity index (χ1v) is 6.40. The van der Waals surface area contributed by atoms with E-state index < -0.39 is 24.1 Å². The van der Waals surface area contributed by atoms with E-state index in [1.807, 2.05) is 30.3 Å². The highest BCUT2D eigenvalue weighted by molar-refractivity contribution is 5.81. The molecule has 0 unspecified atom stereocenters. The zero-order valence-electron chi connectivity index (χ0n) is 11.7. The van der Waals surface area contributed by atoms with E-state index in [1.165, 1.54) is 6.92 Å². The monoisotopic (exact) mass is 294 g/mol. The highest BCUT2D eigenvalue weighted by Gasteiger charge is 2.18. The van der Waals surface area contributed by atoms with E-state index in [2.05, 4.69) is 5.32 Å². The lowest BCUT2D eigenvalue weighted by atomic mass is 10.2. The van der Waals surface area contributed by atoms with Gasteiger partial charge < -0.3 is 20.5 Å². The molecule has 2 amide bonds. The first-order chi connectivity index (χ1) is 9.99. The van der Waals surface area contributed by atoms with Crippen molar-refractivity contribution in [3.63, 3.8) is 0 Å². The third-order valence-corrected chi connectivity index (χ3v) is 2.51. The third-order valence-electron chi connectivity index (χ3n) is 2.51. The number of hydrogen-bond acceptors (Lipinski definition) is 5. The average molecular weight is 294 g/mol. The highest BCUT2D eigenvalue weighted by Crippen LogP contribution is 2.01. The second-order valence-electron chi connectivity index (χ2n) is 4.28. The van der Waals surface area contributed by atoms with Crippen LogP contribution in [0.3, 0.4) is 0 Å². The summed E-state index contributed by atoms with van der Waals surface area (Å²) in [5.41, 5.74) is 5.94. The summed E-state index contributed by atoms with van der Waals surface area (Å²) < 4.78 is 9.69. The normalized spacial score (nSPS) is 11.3. The minimum Gasteiger partial charge on any atom is -0.452 e. The van der Waals surface area contributed by atoms with Crippen LogP contribution in [0, 0.1) is 0 Å². The number of carbonyl (C=O) groups excluding carboxylic acids is 3. The Bertz CT molecular complexity index is 489. The van der Waals surface area contributed by atoms with E-state index in [1.54, 1.807) is 0 Å². The number of nitrogens with one attached hydrogen (secondary N) is 1. The van der Waals surface area contributed by atoms with E-state index in [-0.39, 0.29) is 19.6 Å². The van der Waals surface area contributed by atoms with Crippen molar-refractivity contribution in [1.29, 1.82) is 0 Å². The predicted octanol–water partition coefficient (Wildman–Crippen LogP) is 0.720. The molecule has 0 saturated carbocycles. The molecule has 7 heteroatoms. The number of rotatable bonds is 7. The van der Waals surface area contributed by atoms with Crippen LogP contribution in [0.2, 0.25) is 0 Å². The smallest absolute Gasteiger partial charge is 0.407 e. The fraction of sp³-hybridized carbons (Fsp3) is 0.357. The minimum absolute atomic E-state index is 0.0926. The van der Waals surface area contributed by atoms with E-state index in [4.69, 9.17) is 15.2 Å². The van der Waals surface area contributed by atoms with E-state index >= 15 is 0 Å². The van der Waals surface area contributed by atoms with Crippen LogP contribution in [0.5, 0.6) is 0 Å². The van der Waals surface area contributed by atoms with Gasteiger partial charge in [0.15, 0.2) is 6.10 Å². The maximum atomic E-state index is 11.4. The zero-order chi connectivity index (χ0) is 15.7. The van der Waals surface area contributed by atoms with Gasteiger partial charge in [-0.15, -0.1) is 0 Å². The second kappa shape index (κ2) is 8.57. The first-order valence-electron chi connectivity index (χ1n) is 6.40. The van der Waals surface area contributed by atoms with Gasteiger partial charge in [-0.3, -0.25) is 9.59 Å². The van der Waals surface area contributed by atoms with Crippen LogP contribution < -0.4 is 11.1 Å². The summed E-state index contributed by atoms with van der Waals surface area (Å²) in [6.07, 6.45) is -1.59. The summed E-state index contributed by atoms with van der Waals surface area (Å²) in [4.78, 5) is 33.2. The van der Waals surface area contributed by atoms with Gasteiger partial charge in [0.05, 0.1) is 0 Å². The van der Waals surface area contributed by atoms with Crippen LogP contribution >= 0.6 is 0 Å². The lowest BCUT2D eigenvalue weighted by Crippen LogP contribution is -2.36. The average Bonchev–Trinajstić information content (AvgIpc) is 2.44.